The summed E-state index contributed by atoms with van der Waals surface area (Å²) in [6.45, 7) is 6.35. The highest BCUT2D eigenvalue weighted by atomic mass is 16.5. The Morgan fingerprint density at radius 1 is 1.14 bits per heavy atom. The molecule has 0 bridgehead atoms. The Balaban J connectivity index is 2.28. The molecule has 0 fully saturated rings. The number of nitrogens with two attached hydrogens (primary N) is 1. The molecule has 1 atom stereocenters. The molecule has 0 unspecified atom stereocenters. The quantitative estimate of drug-likeness (QED) is 0.735. The van der Waals surface area contributed by atoms with Gasteiger partial charge in [-0.05, 0) is 43.5 Å². The molecule has 0 aliphatic rings. The van der Waals surface area contributed by atoms with Crippen molar-refractivity contribution in [3.05, 3.63) is 29.8 Å². The van der Waals surface area contributed by atoms with Gasteiger partial charge in [0.1, 0.15) is 5.75 Å². The fourth-order valence-corrected chi connectivity index (χ4v) is 2.09. The van der Waals surface area contributed by atoms with E-state index in [1.807, 2.05) is 6.92 Å². The summed E-state index contributed by atoms with van der Waals surface area (Å²) in [7, 11) is 0. The zero-order chi connectivity index (χ0) is 16.5. The smallest absolute Gasteiger partial charge is 0.258 e. The van der Waals surface area contributed by atoms with Crippen LogP contribution in [-0.2, 0) is 4.79 Å². The second-order valence-corrected chi connectivity index (χ2v) is 5.97. The topological polar surface area (TPSA) is 81.4 Å². The number of amides is 2. The van der Waals surface area contributed by atoms with Crippen LogP contribution in [0.1, 0.15) is 50.4 Å². The summed E-state index contributed by atoms with van der Waals surface area (Å²) in [5.41, 5.74) is 5.57. The van der Waals surface area contributed by atoms with Gasteiger partial charge >= 0.3 is 0 Å². The van der Waals surface area contributed by atoms with Crippen molar-refractivity contribution < 1.29 is 14.3 Å². The molecule has 5 heteroatoms. The van der Waals surface area contributed by atoms with E-state index in [2.05, 4.69) is 19.2 Å². The number of carbonyl (C=O) groups excluding carboxylic acids is 2. The van der Waals surface area contributed by atoms with Gasteiger partial charge in [0.2, 0.25) is 5.91 Å². The summed E-state index contributed by atoms with van der Waals surface area (Å²) in [4.78, 5) is 22.7. The first kappa shape index (κ1) is 18.0. The molecule has 5 nitrogen and oxygen atoms in total. The van der Waals surface area contributed by atoms with Gasteiger partial charge in [-0.1, -0.05) is 26.7 Å². The van der Waals surface area contributed by atoms with Crippen LogP contribution in [0.5, 0.6) is 5.75 Å². The third kappa shape index (κ3) is 7.11. The molecule has 0 heterocycles. The van der Waals surface area contributed by atoms with Crippen molar-refractivity contribution in [1.82, 2.24) is 5.32 Å². The average Bonchev–Trinajstić information content (AvgIpc) is 2.45. The molecular formula is C17H26N2O3. The van der Waals surface area contributed by atoms with E-state index < -0.39 is 5.91 Å². The van der Waals surface area contributed by atoms with Crippen LogP contribution in [-0.4, -0.2) is 24.5 Å². The summed E-state index contributed by atoms with van der Waals surface area (Å²) in [5.74, 6) is 0.595. The monoisotopic (exact) mass is 306 g/mol. The largest absolute Gasteiger partial charge is 0.484 e. The van der Waals surface area contributed by atoms with E-state index >= 15 is 0 Å². The minimum Gasteiger partial charge on any atom is -0.484 e. The van der Waals surface area contributed by atoms with Crippen LogP contribution in [0, 0.1) is 5.92 Å². The fourth-order valence-electron chi connectivity index (χ4n) is 2.09. The molecule has 2 amide bonds. The summed E-state index contributed by atoms with van der Waals surface area (Å²) >= 11 is 0. The number of primary amides is 1. The number of nitrogens with one attached hydrogen (secondary N) is 1. The Kier molecular flexibility index (Phi) is 7.43. The summed E-state index contributed by atoms with van der Waals surface area (Å²) in [6.07, 6.45) is 3.24. The summed E-state index contributed by atoms with van der Waals surface area (Å²) in [6, 6.07) is 6.54. The maximum atomic E-state index is 11.8. The van der Waals surface area contributed by atoms with Gasteiger partial charge in [0.25, 0.3) is 5.91 Å². The van der Waals surface area contributed by atoms with Crippen LogP contribution in [0.25, 0.3) is 0 Å². The average molecular weight is 306 g/mol. The summed E-state index contributed by atoms with van der Waals surface area (Å²) in [5, 5.41) is 2.92. The van der Waals surface area contributed by atoms with Crippen molar-refractivity contribution in [2.45, 2.75) is 46.1 Å². The highest BCUT2D eigenvalue weighted by Gasteiger charge is 2.09. The minimum absolute atomic E-state index is 0.0373. The third-order valence-electron chi connectivity index (χ3n) is 3.33. The Bertz CT molecular complexity index is 483. The van der Waals surface area contributed by atoms with Gasteiger partial charge in [-0.25, -0.2) is 0 Å². The zero-order valence-electron chi connectivity index (χ0n) is 13.6. The lowest BCUT2D eigenvalue weighted by Crippen LogP contribution is -2.36. The van der Waals surface area contributed by atoms with Crippen molar-refractivity contribution in [1.29, 1.82) is 0 Å². The standard InChI is InChI=1S/C17H26N2O3/c1-12(2)5-4-6-13(3)19-16(20)11-22-15-9-7-14(8-10-15)17(18)21/h7-10,12-13H,4-6,11H2,1-3H3,(H2,18,21)(H,19,20)/t13-/m1/s1. The van der Waals surface area contributed by atoms with Crippen molar-refractivity contribution in [2.75, 3.05) is 6.61 Å². The maximum absolute atomic E-state index is 11.8. The Hall–Kier alpha value is -2.04. The predicted molar refractivity (Wildman–Crippen MR) is 86.7 cm³/mol. The number of rotatable bonds is 9. The molecule has 0 spiro atoms. The van der Waals surface area contributed by atoms with Gasteiger partial charge < -0.3 is 15.8 Å². The molecule has 0 saturated heterocycles. The van der Waals surface area contributed by atoms with E-state index in [1.165, 1.54) is 6.42 Å². The third-order valence-corrected chi connectivity index (χ3v) is 3.33. The van der Waals surface area contributed by atoms with E-state index in [-0.39, 0.29) is 18.6 Å². The Labute approximate surface area is 132 Å². The van der Waals surface area contributed by atoms with Crippen molar-refractivity contribution in [3.8, 4) is 5.75 Å². The van der Waals surface area contributed by atoms with Gasteiger partial charge in [-0.2, -0.15) is 0 Å². The van der Waals surface area contributed by atoms with E-state index in [4.69, 9.17) is 10.5 Å². The minimum atomic E-state index is -0.487. The number of hydrogen-bond donors (Lipinski definition) is 2. The second-order valence-electron chi connectivity index (χ2n) is 5.97. The molecule has 1 aromatic carbocycles. The molecule has 122 valence electrons. The molecular weight excluding hydrogens is 280 g/mol. The number of carbonyl (C=O) groups is 2. The summed E-state index contributed by atoms with van der Waals surface area (Å²) < 4.78 is 5.38. The van der Waals surface area contributed by atoms with Crippen LogP contribution in [0.15, 0.2) is 24.3 Å². The van der Waals surface area contributed by atoms with Gasteiger partial charge in [0.05, 0.1) is 0 Å². The highest BCUT2D eigenvalue weighted by Crippen LogP contribution is 2.12. The second kappa shape index (κ2) is 9.07. The molecule has 3 N–H and O–H groups in total. The predicted octanol–water partition coefficient (Wildman–Crippen LogP) is 2.50. The van der Waals surface area contributed by atoms with Gasteiger partial charge in [0, 0.05) is 11.6 Å². The highest BCUT2D eigenvalue weighted by molar-refractivity contribution is 5.92. The zero-order valence-corrected chi connectivity index (χ0v) is 13.6. The van der Waals surface area contributed by atoms with Crippen LogP contribution in [0.4, 0.5) is 0 Å². The van der Waals surface area contributed by atoms with Crippen LogP contribution < -0.4 is 15.8 Å². The molecule has 1 rings (SSSR count). The molecule has 0 aromatic heterocycles. The first-order valence-electron chi connectivity index (χ1n) is 7.70. The molecule has 0 aliphatic heterocycles. The van der Waals surface area contributed by atoms with Gasteiger partial charge in [0.15, 0.2) is 6.61 Å². The lowest BCUT2D eigenvalue weighted by molar-refractivity contribution is -0.123. The number of benzene rings is 1. The van der Waals surface area contributed by atoms with E-state index in [0.717, 1.165) is 12.8 Å². The van der Waals surface area contributed by atoms with Crippen molar-refractivity contribution in [2.24, 2.45) is 11.7 Å². The van der Waals surface area contributed by atoms with E-state index in [9.17, 15) is 9.59 Å². The number of ether oxygens (including phenoxy) is 1. The van der Waals surface area contributed by atoms with Crippen molar-refractivity contribution >= 4 is 11.8 Å². The normalized spacial score (nSPS) is 12.0. The lowest BCUT2D eigenvalue weighted by Gasteiger charge is -2.15. The molecule has 0 aliphatic carbocycles. The van der Waals surface area contributed by atoms with Crippen LogP contribution in [0.2, 0.25) is 0 Å². The Morgan fingerprint density at radius 3 is 2.32 bits per heavy atom. The van der Waals surface area contributed by atoms with Crippen LogP contribution >= 0.6 is 0 Å². The van der Waals surface area contributed by atoms with Gasteiger partial charge in [-0.15, -0.1) is 0 Å². The van der Waals surface area contributed by atoms with E-state index in [1.54, 1.807) is 24.3 Å². The number of hydrogen-bond acceptors (Lipinski definition) is 3. The molecule has 0 radical (unpaired) electrons. The first-order chi connectivity index (χ1) is 10.4. The first-order valence-corrected chi connectivity index (χ1v) is 7.70. The molecule has 22 heavy (non-hydrogen) atoms. The molecule has 1 aromatic rings. The van der Waals surface area contributed by atoms with Gasteiger partial charge in [-0.3, -0.25) is 9.59 Å². The van der Waals surface area contributed by atoms with Crippen molar-refractivity contribution in [3.63, 3.8) is 0 Å². The SMILES string of the molecule is CC(C)CCC[C@@H](C)NC(=O)COc1ccc(C(N)=O)cc1. The molecule has 0 saturated carbocycles. The lowest BCUT2D eigenvalue weighted by atomic mass is 10.0. The maximum Gasteiger partial charge on any atom is 0.258 e. The van der Waals surface area contributed by atoms with E-state index in [0.29, 0.717) is 17.2 Å². The fraction of sp³-hybridized carbons (Fsp3) is 0.529. The van der Waals surface area contributed by atoms with Crippen LogP contribution in [0.3, 0.4) is 0 Å². The Morgan fingerprint density at radius 2 is 1.77 bits per heavy atom.